The van der Waals surface area contributed by atoms with Crippen molar-refractivity contribution in [1.29, 1.82) is 5.26 Å². The molecule has 1 aromatic heterocycles. The summed E-state index contributed by atoms with van der Waals surface area (Å²) in [4.78, 5) is 11.2. The Morgan fingerprint density at radius 1 is 1.67 bits per heavy atom. The lowest BCUT2D eigenvalue weighted by molar-refractivity contribution is -0.118. The molecule has 0 aliphatic heterocycles. The molecule has 0 saturated carbocycles. The third-order valence-electron chi connectivity index (χ3n) is 1.57. The van der Waals surface area contributed by atoms with Gasteiger partial charge in [0.25, 0.3) is 0 Å². The largest absolute Gasteiger partial charge is 0.355 e. The highest BCUT2D eigenvalue weighted by Crippen LogP contribution is 2.11. The van der Waals surface area contributed by atoms with Crippen LogP contribution < -0.4 is 5.32 Å². The number of carbonyl (C=O) groups is 1. The van der Waals surface area contributed by atoms with E-state index in [1.807, 2.05) is 5.38 Å². The van der Waals surface area contributed by atoms with E-state index >= 15 is 0 Å². The lowest BCUT2D eigenvalue weighted by Gasteiger charge is -1.94. The first-order chi connectivity index (χ1) is 7.22. The quantitative estimate of drug-likeness (QED) is 0.604. The minimum Gasteiger partial charge on any atom is -0.355 e. The summed E-state index contributed by atoms with van der Waals surface area (Å²) < 4.78 is 0. The molecule has 0 bridgehead atoms. The third kappa shape index (κ3) is 4.30. The smallest absolute Gasteiger partial charge is 0.216 e. The molecule has 1 aromatic rings. The zero-order chi connectivity index (χ0) is 11.1. The normalized spacial score (nSPS) is 8.53. The molecule has 0 aliphatic rings. The number of hydrogen-bond acceptors (Lipinski definition) is 3. The third-order valence-corrected chi connectivity index (χ3v) is 2.40. The number of nitriles is 1. The number of nitrogens with zero attached hydrogens (tertiary/aromatic N) is 1. The summed E-state index contributed by atoms with van der Waals surface area (Å²) in [5, 5.41) is 13.1. The molecular weight excluding hydrogens is 208 g/mol. The molecule has 0 fully saturated rings. The number of rotatable bonds is 2. The van der Waals surface area contributed by atoms with Crippen LogP contribution in [0.1, 0.15) is 23.8 Å². The molecule has 0 saturated heterocycles. The van der Waals surface area contributed by atoms with Gasteiger partial charge >= 0.3 is 0 Å². The van der Waals surface area contributed by atoms with Crippen LogP contribution in [-0.4, -0.2) is 12.5 Å². The van der Waals surface area contributed by atoms with Gasteiger partial charge in [0, 0.05) is 30.8 Å². The van der Waals surface area contributed by atoms with E-state index in [1.165, 1.54) is 18.3 Å². The molecule has 0 atom stereocenters. The van der Waals surface area contributed by atoms with Crippen LogP contribution in [0.4, 0.5) is 0 Å². The van der Waals surface area contributed by atoms with Gasteiger partial charge in [-0.25, -0.2) is 0 Å². The van der Waals surface area contributed by atoms with Crippen LogP contribution in [0.2, 0.25) is 0 Å². The Hall–Kier alpha value is -1.78. The van der Waals surface area contributed by atoms with Crippen LogP contribution in [0.25, 0.3) is 0 Å². The predicted molar refractivity (Wildman–Crippen MR) is 59.2 cm³/mol. The second-order valence-corrected chi connectivity index (χ2v) is 3.76. The van der Waals surface area contributed by atoms with Gasteiger partial charge in [-0.05, 0) is 6.07 Å². The highest BCUT2D eigenvalue weighted by atomic mass is 32.1. The van der Waals surface area contributed by atoms with E-state index in [2.05, 4.69) is 23.2 Å². The van der Waals surface area contributed by atoms with Crippen molar-refractivity contribution in [2.45, 2.75) is 13.3 Å². The Bertz CT molecular complexity index is 445. The molecule has 0 radical (unpaired) electrons. The maximum atomic E-state index is 10.5. The monoisotopic (exact) mass is 218 g/mol. The standard InChI is InChI=1S/C11H10N2OS/c1-9(14)13-5-3-2-4-10-6-11(7-12)15-8-10/h6,8H,3,5H2,1H3,(H,13,14). The van der Waals surface area contributed by atoms with Crippen molar-refractivity contribution in [3.8, 4) is 17.9 Å². The number of nitrogens with one attached hydrogen (secondary N) is 1. The molecule has 0 aliphatic carbocycles. The zero-order valence-electron chi connectivity index (χ0n) is 8.33. The minimum absolute atomic E-state index is 0.0425. The minimum atomic E-state index is -0.0425. The molecule has 1 heterocycles. The number of carbonyl (C=O) groups excluding carboxylic acids is 1. The highest BCUT2D eigenvalue weighted by molar-refractivity contribution is 7.10. The number of amides is 1. The summed E-state index contributed by atoms with van der Waals surface area (Å²) >= 11 is 1.38. The fourth-order valence-corrected chi connectivity index (χ4v) is 1.55. The first kappa shape index (κ1) is 11.3. The van der Waals surface area contributed by atoms with Crippen LogP contribution in [0, 0.1) is 23.2 Å². The first-order valence-corrected chi connectivity index (χ1v) is 5.32. The van der Waals surface area contributed by atoms with Crippen LogP contribution in [0.5, 0.6) is 0 Å². The summed E-state index contributed by atoms with van der Waals surface area (Å²) in [6, 6.07) is 3.82. The van der Waals surface area contributed by atoms with E-state index < -0.39 is 0 Å². The van der Waals surface area contributed by atoms with Crippen molar-refractivity contribution in [1.82, 2.24) is 5.32 Å². The highest BCUT2D eigenvalue weighted by Gasteiger charge is 1.94. The Kier molecular flexibility index (Phi) is 4.40. The summed E-state index contributed by atoms with van der Waals surface area (Å²) in [6.45, 7) is 2.04. The maximum Gasteiger partial charge on any atom is 0.216 e. The van der Waals surface area contributed by atoms with Crippen LogP contribution in [0.15, 0.2) is 11.4 Å². The summed E-state index contributed by atoms with van der Waals surface area (Å²) in [6.07, 6.45) is 0.622. The first-order valence-electron chi connectivity index (χ1n) is 4.44. The predicted octanol–water partition coefficient (Wildman–Crippen LogP) is 1.50. The van der Waals surface area contributed by atoms with Crippen molar-refractivity contribution >= 4 is 17.2 Å². The van der Waals surface area contributed by atoms with Crippen LogP contribution >= 0.6 is 11.3 Å². The zero-order valence-corrected chi connectivity index (χ0v) is 9.15. The number of thiophene rings is 1. The topological polar surface area (TPSA) is 52.9 Å². The molecule has 76 valence electrons. The molecule has 0 spiro atoms. The molecule has 0 unspecified atom stereocenters. The lowest BCUT2D eigenvalue weighted by Crippen LogP contribution is -2.20. The van der Waals surface area contributed by atoms with Crippen molar-refractivity contribution in [3.05, 3.63) is 21.9 Å². The Labute approximate surface area is 92.7 Å². The van der Waals surface area contributed by atoms with E-state index in [0.29, 0.717) is 17.8 Å². The van der Waals surface area contributed by atoms with E-state index in [4.69, 9.17) is 5.26 Å². The fourth-order valence-electron chi connectivity index (χ4n) is 0.926. The second kappa shape index (κ2) is 5.85. The molecular formula is C11H10N2OS. The van der Waals surface area contributed by atoms with Gasteiger partial charge in [0.2, 0.25) is 5.91 Å². The van der Waals surface area contributed by atoms with Crippen molar-refractivity contribution in [2.24, 2.45) is 0 Å². The summed E-state index contributed by atoms with van der Waals surface area (Å²) in [5.74, 6) is 5.82. The SMILES string of the molecule is CC(=O)NCCC#Cc1csc(C#N)c1. The van der Waals surface area contributed by atoms with Gasteiger partial charge in [-0.3, -0.25) is 4.79 Å². The summed E-state index contributed by atoms with van der Waals surface area (Å²) in [5.41, 5.74) is 0.861. The Morgan fingerprint density at radius 2 is 2.47 bits per heavy atom. The molecule has 1 rings (SSSR count). The van der Waals surface area contributed by atoms with Crippen molar-refractivity contribution in [3.63, 3.8) is 0 Å². The maximum absolute atomic E-state index is 10.5. The second-order valence-electron chi connectivity index (χ2n) is 2.85. The van der Waals surface area contributed by atoms with Gasteiger partial charge in [0.05, 0.1) is 0 Å². The van der Waals surface area contributed by atoms with Gasteiger partial charge in [-0.2, -0.15) is 5.26 Å². The van der Waals surface area contributed by atoms with Gasteiger partial charge in [-0.1, -0.05) is 11.8 Å². The molecule has 15 heavy (non-hydrogen) atoms. The van der Waals surface area contributed by atoms with E-state index in [1.54, 1.807) is 6.07 Å². The lowest BCUT2D eigenvalue weighted by atomic mass is 10.3. The molecule has 4 heteroatoms. The van der Waals surface area contributed by atoms with Gasteiger partial charge in [0.15, 0.2) is 0 Å². The Balaban J connectivity index is 2.38. The van der Waals surface area contributed by atoms with Gasteiger partial charge < -0.3 is 5.32 Å². The van der Waals surface area contributed by atoms with Gasteiger partial charge in [-0.15, -0.1) is 11.3 Å². The van der Waals surface area contributed by atoms with E-state index in [-0.39, 0.29) is 5.91 Å². The molecule has 1 N–H and O–H groups in total. The van der Waals surface area contributed by atoms with Crippen molar-refractivity contribution < 1.29 is 4.79 Å². The van der Waals surface area contributed by atoms with Crippen LogP contribution in [0.3, 0.4) is 0 Å². The van der Waals surface area contributed by atoms with E-state index in [9.17, 15) is 4.79 Å². The Morgan fingerprint density at radius 3 is 3.07 bits per heavy atom. The van der Waals surface area contributed by atoms with Gasteiger partial charge in [0.1, 0.15) is 10.9 Å². The fraction of sp³-hybridized carbons (Fsp3) is 0.273. The molecule has 3 nitrogen and oxygen atoms in total. The van der Waals surface area contributed by atoms with E-state index in [0.717, 1.165) is 5.56 Å². The summed E-state index contributed by atoms with van der Waals surface area (Å²) in [7, 11) is 0. The average molecular weight is 218 g/mol. The molecule has 1 amide bonds. The number of hydrogen-bond donors (Lipinski definition) is 1. The molecule has 0 aromatic carbocycles. The van der Waals surface area contributed by atoms with Crippen molar-refractivity contribution in [2.75, 3.05) is 6.54 Å². The van der Waals surface area contributed by atoms with Crippen LogP contribution in [-0.2, 0) is 4.79 Å². The average Bonchev–Trinajstić information content (AvgIpc) is 2.65.